The molecule has 3 N–H and O–H groups in total. The summed E-state index contributed by atoms with van der Waals surface area (Å²) in [5.74, 6) is 0.881. The number of anilines is 3. The maximum absolute atomic E-state index is 12.7. The maximum atomic E-state index is 12.7. The molecular weight excluding hydrogens is 482 g/mol. The highest BCUT2D eigenvalue weighted by Crippen LogP contribution is 2.23. The van der Waals surface area contributed by atoms with Crippen molar-refractivity contribution in [2.45, 2.75) is 38.8 Å². The molecule has 2 heterocycles. The van der Waals surface area contributed by atoms with Crippen LogP contribution in [0.4, 0.5) is 22.2 Å². The lowest BCUT2D eigenvalue weighted by Crippen LogP contribution is -2.44. The zero-order valence-electron chi connectivity index (χ0n) is 21.3. The molecule has 1 atom stereocenters. The Morgan fingerprint density at radius 1 is 1.16 bits per heavy atom. The van der Waals surface area contributed by atoms with E-state index in [9.17, 15) is 20.0 Å². The molecule has 38 heavy (non-hydrogen) atoms. The van der Waals surface area contributed by atoms with Gasteiger partial charge in [-0.15, -0.1) is 0 Å². The van der Waals surface area contributed by atoms with Gasteiger partial charge >= 0.3 is 6.09 Å². The Balaban J connectivity index is 1.40. The third-order valence-electron chi connectivity index (χ3n) is 6.22. The minimum absolute atomic E-state index is 0.122. The fourth-order valence-corrected chi connectivity index (χ4v) is 4.41. The number of amides is 2. The van der Waals surface area contributed by atoms with Crippen molar-refractivity contribution in [3.8, 4) is 6.07 Å². The number of hydrogen-bond acceptors (Lipinski definition) is 7. The van der Waals surface area contributed by atoms with Crippen LogP contribution in [0, 0.1) is 11.3 Å². The lowest BCUT2D eigenvalue weighted by Gasteiger charge is -2.22. The van der Waals surface area contributed by atoms with Gasteiger partial charge in [-0.05, 0) is 36.6 Å². The van der Waals surface area contributed by atoms with Crippen molar-refractivity contribution in [2.24, 2.45) is 0 Å². The fourth-order valence-electron chi connectivity index (χ4n) is 4.41. The molecule has 1 aliphatic heterocycles. The normalized spacial score (nSPS) is 14.5. The van der Waals surface area contributed by atoms with Crippen LogP contribution >= 0.6 is 0 Å². The number of benzene rings is 2. The van der Waals surface area contributed by atoms with Crippen LogP contribution in [-0.2, 0) is 17.8 Å². The molecular formula is C28H31N7O3. The molecule has 0 spiro atoms. The molecule has 0 radical (unpaired) electrons. The van der Waals surface area contributed by atoms with E-state index in [1.165, 1.54) is 0 Å². The Bertz CT molecular complexity index is 1310. The molecule has 2 amide bonds. The zero-order valence-corrected chi connectivity index (χ0v) is 21.3. The first-order valence-corrected chi connectivity index (χ1v) is 12.6. The molecule has 0 bridgehead atoms. The smallest absolute Gasteiger partial charge is 0.408 e. The summed E-state index contributed by atoms with van der Waals surface area (Å²) in [5.41, 5.74) is 3.00. The van der Waals surface area contributed by atoms with Crippen molar-refractivity contribution in [2.75, 3.05) is 29.9 Å². The van der Waals surface area contributed by atoms with E-state index in [0.717, 1.165) is 46.9 Å². The monoisotopic (exact) mass is 513 g/mol. The Morgan fingerprint density at radius 3 is 2.71 bits per heavy atom. The van der Waals surface area contributed by atoms with E-state index < -0.39 is 6.09 Å². The number of carbonyl (C=O) groups excluding carboxylic acids is 1. The predicted molar refractivity (Wildman–Crippen MR) is 144 cm³/mol. The highest BCUT2D eigenvalue weighted by atomic mass is 16.4. The largest absolute Gasteiger partial charge is 0.465 e. The van der Waals surface area contributed by atoms with Crippen LogP contribution in [0.1, 0.15) is 36.6 Å². The second-order valence-electron chi connectivity index (χ2n) is 9.23. The summed E-state index contributed by atoms with van der Waals surface area (Å²) in [6.45, 7) is 3.26. The summed E-state index contributed by atoms with van der Waals surface area (Å²) in [4.78, 5) is 36.9. The van der Waals surface area contributed by atoms with Crippen molar-refractivity contribution < 1.29 is 14.7 Å². The van der Waals surface area contributed by atoms with Crippen molar-refractivity contribution in [3.63, 3.8) is 0 Å². The minimum Gasteiger partial charge on any atom is -0.465 e. The van der Waals surface area contributed by atoms with E-state index in [-0.39, 0.29) is 25.0 Å². The van der Waals surface area contributed by atoms with Crippen LogP contribution in [0.3, 0.4) is 0 Å². The highest BCUT2D eigenvalue weighted by molar-refractivity contribution is 5.82. The first-order chi connectivity index (χ1) is 18.4. The summed E-state index contributed by atoms with van der Waals surface area (Å²) in [7, 11) is 0. The van der Waals surface area contributed by atoms with Crippen molar-refractivity contribution in [3.05, 3.63) is 77.5 Å². The number of nitrogens with one attached hydrogen (secondary N) is 2. The van der Waals surface area contributed by atoms with Crippen molar-refractivity contribution in [1.29, 1.82) is 5.26 Å². The van der Waals surface area contributed by atoms with E-state index >= 15 is 0 Å². The SMILES string of the molecule is CCCc1cc(N2CC[C@H](NC(=O)CN(Cc3ccccc3)C(=O)O)C2)nc(Nc2cccc(C#N)c2)n1. The molecule has 4 rings (SSSR count). The van der Waals surface area contributed by atoms with Crippen LogP contribution in [0.25, 0.3) is 0 Å². The van der Waals surface area contributed by atoms with Crippen LogP contribution in [0.5, 0.6) is 0 Å². The number of aryl methyl sites for hydroxylation is 1. The second-order valence-corrected chi connectivity index (χ2v) is 9.23. The molecule has 0 unspecified atom stereocenters. The zero-order chi connectivity index (χ0) is 26.9. The number of nitriles is 1. The topological polar surface area (TPSA) is 134 Å². The average molecular weight is 514 g/mol. The summed E-state index contributed by atoms with van der Waals surface area (Å²) < 4.78 is 0. The lowest BCUT2D eigenvalue weighted by molar-refractivity contribution is -0.122. The van der Waals surface area contributed by atoms with Gasteiger partial charge in [0, 0.05) is 43.1 Å². The maximum Gasteiger partial charge on any atom is 0.408 e. The van der Waals surface area contributed by atoms with Gasteiger partial charge in [0.2, 0.25) is 11.9 Å². The van der Waals surface area contributed by atoms with Crippen LogP contribution in [0.15, 0.2) is 60.7 Å². The van der Waals surface area contributed by atoms with Crippen LogP contribution in [0.2, 0.25) is 0 Å². The standard InChI is InChI=1S/C28H31N7O3/c1-2-7-22-15-25(33-27(31-22)32-23-11-6-10-21(14-23)16-29)34-13-12-24(18-34)30-26(36)19-35(28(37)38)17-20-8-4-3-5-9-20/h3-6,8-11,14-15,24H,2,7,12-13,17-19H2,1H3,(H,30,36)(H,37,38)(H,31,32,33)/t24-/m0/s1. The Kier molecular flexibility index (Phi) is 8.72. The molecule has 1 saturated heterocycles. The molecule has 1 aromatic heterocycles. The van der Waals surface area contributed by atoms with Gasteiger partial charge in [0.25, 0.3) is 0 Å². The molecule has 10 heteroatoms. The summed E-state index contributed by atoms with van der Waals surface area (Å²) in [5, 5.41) is 24.9. The van der Waals surface area contributed by atoms with E-state index in [4.69, 9.17) is 4.98 Å². The molecule has 1 fully saturated rings. The molecule has 3 aromatic rings. The van der Waals surface area contributed by atoms with Gasteiger partial charge in [-0.2, -0.15) is 10.2 Å². The number of hydrogen-bond donors (Lipinski definition) is 3. The highest BCUT2D eigenvalue weighted by Gasteiger charge is 2.27. The van der Waals surface area contributed by atoms with Gasteiger partial charge in [-0.3, -0.25) is 9.69 Å². The molecule has 2 aromatic carbocycles. The van der Waals surface area contributed by atoms with E-state index in [0.29, 0.717) is 24.6 Å². The minimum atomic E-state index is -1.14. The number of carbonyl (C=O) groups is 2. The molecule has 10 nitrogen and oxygen atoms in total. The van der Waals surface area contributed by atoms with Gasteiger partial charge < -0.3 is 20.6 Å². The first kappa shape index (κ1) is 26.4. The van der Waals surface area contributed by atoms with E-state index in [1.807, 2.05) is 42.5 Å². The molecule has 0 saturated carbocycles. The number of rotatable bonds is 10. The predicted octanol–water partition coefficient (Wildman–Crippen LogP) is 3.92. The van der Waals surface area contributed by atoms with Crippen molar-refractivity contribution in [1.82, 2.24) is 20.2 Å². The summed E-state index contributed by atoms with van der Waals surface area (Å²) in [6.07, 6.45) is 1.31. The molecule has 1 aliphatic rings. The average Bonchev–Trinajstić information content (AvgIpc) is 3.37. The third-order valence-corrected chi connectivity index (χ3v) is 6.22. The van der Waals surface area contributed by atoms with Gasteiger partial charge in [0.05, 0.1) is 11.6 Å². The number of aromatic nitrogens is 2. The Hall–Kier alpha value is -4.65. The van der Waals surface area contributed by atoms with Gasteiger partial charge in [-0.25, -0.2) is 9.78 Å². The van der Waals surface area contributed by atoms with Gasteiger partial charge in [0.1, 0.15) is 12.4 Å². The Labute approximate surface area is 221 Å². The first-order valence-electron chi connectivity index (χ1n) is 12.6. The summed E-state index contributed by atoms with van der Waals surface area (Å²) in [6, 6.07) is 20.3. The second kappa shape index (κ2) is 12.5. The van der Waals surface area contributed by atoms with Gasteiger partial charge in [0.15, 0.2) is 0 Å². The van der Waals surface area contributed by atoms with Crippen LogP contribution in [-0.4, -0.2) is 57.7 Å². The summed E-state index contributed by atoms with van der Waals surface area (Å²) >= 11 is 0. The number of carboxylic acid groups (broad SMARTS) is 1. The van der Waals surface area contributed by atoms with Gasteiger partial charge in [-0.1, -0.05) is 49.7 Å². The van der Waals surface area contributed by atoms with E-state index in [2.05, 4.69) is 33.5 Å². The quantitative estimate of drug-likeness (QED) is 0.371. The molecule has 0 aliphatic carbocycles. The lowest BCUT2D eigenvalue weighted by atomic mass is 10.2. The van der Waals surface area contributed by atoms with Crippen LogP contribution < -0.4 is 15.5 Å². The van der Waals surface area contributed by atoms with E-state index in [1.54, 1.807) is 18.2 Å². The Morgan fingerprint density at radius 2 is 1.97 bits per heavy atom. The fraction of sp³-hybridized carbons (Fsp3) is 0.321. The third kappa shape index (κ3) is 7.20. The van der Waals surface area contributed by atoms with Crippen molar-refractivity contribution >= 4 is 29.5 Å². The number of nitrogens with zero attached hydrogens (tertiary/aromatic N) is 5. The molecule has 196 valence electrons.